The fourth-order valence-electron chi connectivity index (χ4n) is 2.18. The Bertz CT molecular complexity index is 553. The van der Waals surface area contributed by atoms with Gasteiger partial charge in [-0.05, 0) is 18.2 Å². The highest BCUT2D eigenvalue weighted by Gasteiger charge is 2.15. The third-order valence-corrected chi connectivity index (χ3v) is 3.13. The van der Waals surface area contributed by atoms with E-state index in [1.807, 2.05) is 18.2 Å². The lowest BCUT2D eigenvalue weighted by Crippen LogP contribution is -2.36. The predicted octanol–water partition coefficient (Wildman–Crippen LogP) is 1.47. The van der Waals surface area contributed by atoms with Gasteiger partial charge in [-0.1, -0.05) is 0 Å². The van der Waals surface area contributed by atoms with Crippen LogP contribution >= 0.6 is 0 Å². The van der Waals surface area contributed by atoms with Gasteiger partial charge in [0.15, 0.2) is 0 Å². The molecule has 18 heavy (non-hydrogen) atoms. The van der Waals surface area contributed by atoms with Crippen molar-refractivity contribution in [2.45, 2.75) is 0 Å². The van der Waals surface area contributed by atoms with E-state index in [2.05, 4.69) is 14.9 Å². The standard InChI is InChI=1S/C13H15N3O2/c1-17-10-2-3-12-11(8-10)13(15-9-14-12)16-4-6-18-7-5-16/h2-3,8-9H,4-7H2,1H3. The van der Waals surface area contributed by atoms with Crippen LogP contribution in [0.25, 0.3) is 10.9 Å². The quantitative estimate of drug-likeness (QED) is 0.802. The van der Waals surface area contributed by atoms with E-state index in [1.54, 1.807) is 13.4 Å². The highest BCUT2D eigenvalue weighted by molar-refractivity contribution is 5.90. The summed E-state index contributed by atoms with van der Waals surface area (Å²) >= 11 is 0. The minimum Gasteiger partial charge on any atom is -0.497 e. The van der Waals surface area contributed by atoms with Gasteiger partial charge in [-0.25, -0.2) is 9.97 Å². The summed E-state index contributed by atoms with van der Waals surface area (Å²) in [5.41, 5.74) is 0.937. The van der Waals surface area contributed by atoms with Crippen molar-refractivity contribution in [1.29, 1.82) is 0 Å². The molecule has 2 heterocycles. The number of nitrogens with zero attached hydrogens (tertiary/aromatic N) is 3. The molecule has 2 aromatic rings. The van der Waals surface area contributed by atoms with Gasteiger partial charge >= 0.3 is 0 Å². The van der Waals surface area contributed by atoms with E-state index in [1.165, 1.54) is 0 Å². The maximum atomic E-state index is 5.37. The molecule has 0 saturated carbocycles. The minimum atomic E-state index is 0.746. The predicted molar refractivity (Wildman–Crippen MR) is 69.1 cm³/mol. The summed E-state index contributed by atoms with van der Waals surface area (Å²) in [5.74, 6) is 1.79. The van der Waals surface area contributed by atoms with Crippen LogP contribution < -0.4 is 9.64 Å². The Hall–Kier alpha value is -1.88. The van der Waals surface area contributed by atoms with Crippen LogP contribution in [0.2, 0.25) is 0 Å². The fraction of sp³-hybridized carbons (Fsp3) is 0.385. The number of anilines is 1. The Morgan fingerprint density at radius 2 is 2.06 bits per heavy atom. The lowest BCUT2D eigenvalue weighted by molar-refractivity contribution is 0.122. The Morgan fingerprint density at radius 1 is 1.22 bits per heavy atom. The third-order valence-electron chi connectivity index (χ3n) is 3.13. The topological polar surface area (TPSA) is 47.5 Å². The molecule has 5 heteroatoms. The van der Waals surface area contributed by atoms with Crippen molar-refractivity contribution < 1.29 is 9.47 Å². The van der Waals surface area contributed by atoms with Gasteiger partial charge in [-0.2, -0.15) is 0 Å². The minimum absolute atomic E-state index is 0.746. The molecule has 0 amide bonds. The first-order valence-corrected chi connectivity index (χ1v) is 6.00. The van der Waals surface area contributed by atoms with E-state index < -0.39 is 0 Å². The number of hydrogen-bond donors (Lipinski definition) is 0. The highest BCUT2D eigenvalue weighted by atomic mass is 16.5. The van der Waals surface area contributed by atoms with Gasteiger partial charge in [0.25, 0.3) is 0 Å². The van der Waals surface area contributed by atoms with Crippen molar-refractivity contribution in [3.05, 3.63) is 24.5 Å². The second kappa shape index (κ2) is 4.78. The largest absolute Gasteiger partial charge is 0.497 e. The average molecular weight is 245 g/mol. The number of methoxy groups -OCH3 is 1. The number of fused-ring (bicyclic) bond motifs is 1. The molecule has 0 spiro atoms. The molecule has 1 aliphatic rings. The number of ether oxygens (including phenoxy) is 2. The molecule has 5 nitrogen and oxygen atoms in total. The molecule has 0 bridgehead atoms. The first kappa shape index (κ1) is 11.2. The van der Waals surface area contributed by atoms with Crippen LogP contribution in [0.15, 0.2) is 24.5 Å². The second-order valence-corrected chi connectivity index (χ2v) is 4.18. The van der Waals surface area contributed by atoms with Crippen molar-refractivity contribution in [2.75, 3.05) is 38.3 Å². The zero-order chi connectivity index (χ0) is 12.4. The first-order chi connectivity index (χ1) is 8.88. The molecular formula is C13H15N3O2. The van der Waals surface area contributed by atoms with E-state index >= 15 is 0 Å². The van der Waals surface area contributed by atoms with E-state index in [9.17, 15) is 0 Å². The Kier molecular flexibility index (Phi) is 2.98. The number of benzene rings is 1. The summed E-state index contributed by atoms with van der Waals surface area (Å²) < 4.78 is 10.6. The summed E-state index contributed by atoms with van der Waals surface area (Å²) in [6.07, 6.45) is 1.61. The van der Waals surface area contributed by atoms with E-state index in [-0.39, 0.29) is 0 Å². The summed E-state index contributed by atoms with van der Waals surface area (Å²) in [6, 6.07) is 5.86. The van der Waals surface area contributed by atoms with E-state index in [0.717, 1.165) is 48.8 Å². The van der Waals surface area contributed by atoms with Crippen LogP contribution in [0.4, 0.5) is 5.82 Å². The molecule has 1 saturated heterocycles. The van der Waals surface area contributed by atoms with E-state index in [0.29, 0.717) is 0 Å². The molecule has 0 radical (unpaired) electrons. The fourth-order valence-corrected chi connectivity index (χ4v) is 2.18. The lowest BCUT2D eigenvalue weighted by Gasteiger charge is -2.28. The summed E-state index contributed by atoms with van der Waals surface area (Å²) in [5, 5.41) is 1.03. The van der Waals surface area contributed by atoms with Crippen LogP contribution in [-0.2, 0) is 4.74 Å². The van der Waals surface area contributed by atoms with Crippen LogP contribution in [0.5, 0.6) is 5.75 Å². The van der Waals surface area contributed by atoms with Gasteiger partial charge in [-0.3, -0.25) is 0 Å². The van der Waals surface area contributed by atoms with Crippen molar-refractivity contribution in [2.24, 2.45) is 0 Å². The Morgan fingerprint density at radius 3 is 2.83 bits per heavy atom. The van der Waals surface area contributed by atoms with Crippen molar-refractivity contribution >= 4 is 16.7 Å². The highest BCUT2D eigenvalue weighted by Crippen LogP contribution is 2.27. The number of rotatable bonds is 2. The SMILES string of the molecule is COc1ccc2ncnc(N3CCOCC3)c2c1. The molecule has 1 aliphatic heterocycles. The van der Waals surface area contributed by atoms with Crippen LogP contribution in [0.1, 0.15) is 0 Å². The normalized spacial score (nSPS) is 15.9. The van der Waals surface area contributed by atoms with Crippen molar-refractivity contribution in [1.82, 2.24) is 9.97 Å². The number of morpholine rings is 1. The molecule has 0 unspecified atom stereocenters. The van der Waals surface area contributed by atoms with Crippen LogP contribution in [0, 0.1) is 0 Å². The van der Waals surface area contributed by atoms with Crippen LogP contribution in [-0.4, -0.2) is 43.4 Å². The zero-order valence-electron chi connectivity index (χ0n) is 10.3. The summed E-state index contributed by atoms with van der Waals surface area (Å²) in [7, 11) is 1.67. The molecule has 1 fully saturated rings. The van der Waals surface area contributed by atoms with Gasteiger partial charge in [-0.15, -0.1) is 0 Å². The lowest BCUT2D eigenvalue weighted by atomic mass is 10.2. The monoisotopic (exact) mass is 245 g/mol. The Labute approximate surface area is 105 Å². The molecule has 1 aromatic heterocycles. The zero-order valence-corrected chi connectivity index (χ0v) is 10.3. The number of hydrogen-bond acceptors (Lipinski definition) is 5. The second-order valence-electron chi connectivity index (χ2n) is 4.18. The van der Waals surface area contributed by atoms with Gasteiger partial charge in [0.1, 0.15) is 17.9 Å². The van der Waals surface area contributed by atoms with Crippen molar-refractivity contribution in [3.63, 3.8) is 0 Å². The molecule has 0 atom stereocenters. The third kappa shape index (κ3) is 1.97. The van der Waals surface area contributed by atoms with Gasteiger partial charge in [0, 0.05) is 18.5 Å². The maximum Gasteiger partial charge on any atom is 0.140 e. The molecule has 0 N–H and O–H groups in total. The maximum absolute atomic E-state index is 5.37. The molecule has 3 rings (SSSR count). The molecule has 0 aliphatic carbocycles. The number of aromatic nitrogens is 2. The first-order valence-electron chi connectivity index (χ1n) is 6.00. The van der Waals surface area contributed by atoms with Gasteiger partial charge < -0.3 is 14.4 Å². The van der Waals surface area contributed by atoms with E-state index in [4.69, 9.17) is 9.47 Å². The van der Waals surface area contributed by atoms with Crippen LogP contribution in [0.3, 0.4) is 0 Å². The van der Waals surface area contributed by atoms with Gasteiger partial charge in [0.2, 0.25) is 0 Å². The van der Waals surface area contributed by atoms with Gasteiger partial charge in [0.05, 0.1) is 25.8 Å². The van der Waals surface area contributed by atoms with Crippen molar-refractivity contribution in [3.8, 4) is 5.75 Å². The summed E-state index contributed by atoms with van der Waals surface area (Å²) in [4.78, 5) is 10.9. The molecular weight excluding hydrogens is 230 g/mol. The summed E-state index contributed by atoms with van der Waals surface area (Å²) in [6.45, 7) is 3.22. The molecule has 1 aromatic carbocycles. The average Bonchev–Trinajstić information content (AvgIpc) is 2.47. The Balaban J connectivity index is 2.09. The molecule has 94 valence electrons. The smallest absolute Gasteiger partial charge is 0.140 e.